The van der Waals surface area contributed by atoms with Crippen molar-refractivity contribution in [1.82, 2.24) is 14.9 Å². The SMILES string of the molecule is CCc1[nH]c(C(=O)Nc2ccc3c(c2)CN(C(=O)[C@H]2C[C@@H]2C(=O)O)C3)nc1Cl. The number of nitrogens with one attached hydrogen (secondary N) is 2. The number of fused-ring (bicyclic) bond motifs is 1. The maximum absolute atomic E-state index is 12.5. The van der Waals surface area contributed by atoms with Gasteiger partial charge >= 0.3 is 5.97 Å². The fraction of sp³-hybridized carbons (Fsp3) is 0.368. The van der Waals surface area contributed by atoms with Crippen LogP contribution in [0.1, 0.15) is 40.8 Å². The molecule has 2 atom stereocenters. The Morgan fingerprint density at radius 1 is 1.29 bits per heavy atom. The molecule has 2 aromatic rings. The van der Waals surface area contributed by atoms with Gasteiger partial charge in [-0.2, -0.15) is 0 Å². The number of carboxylic acid groups (broad SMARTS) is 1. The number of H-pyrrole nitrogens is 1. The smallest absolute Gasteiger partial charge is 0.307 e. The summed E-state index contributed by atoms with van der Waals surface area (Å²) >= 11 is 5.98. The molecule has 1 saturated carbocycles. The maximum atomic E-state index is 12.5. The van der Waals surface area contributed by atoms with Crippen LogP contribution in [-0.4, -0.2) is 37.8 Å². The van der Waals surface area contributed by atoms with Gasteiger partial charge in [-0.1, -0.05) is 24.6 Å². The van der Waals surface area contributed by atoms with Gasteiger partial charge in [0.05, 0.1) is 17.5 Å². The molecule has 0 unspecified atom stereocenters. The number of rotatable bonds is 5. The number of aliphatic carboxylic acids is 1. The first-order chi connectivity index (χ1) is 13.4. The summed E-state index contributed by atoms with van der Waals surface area (Å²) in [5, 5.41) is 12.1. The molecular weight excluding hydrogens is 384 g/mol. The first-order valence-corrected chi connectivity index (χ1v) is 9.44. The molecule has 28 heavy (non-hydrogen) atoms. The number of aromatic nitrogens is 2. The molecule has 0 saturated heterocycles. The number of carbonyl (C=O) groups is 3. The normalized spacial score (nSPS) is 20.0. The van der Waals surface area contributed by atoms with Crippen molar-refractivity contribution >= 4 is 35.1 Å². The van der Waals surface area contributed by atoms with Gasteiger partial charge in [0.1, 0.15) is 0 Å². The lowest BCUT2D eigenvalue weighted by Gasteiger charge is -2.14. The number of aryl methyl sites for hydroxylation is 1. The molecule has 1 aromatic heterocycles. The van der Waals surface area contributed by atoms with E-state index >= 15 is 0 Å². The first kappa shape index (κ1) is 18.5. The Morgan fingerprint density at radius 3 is 2.68 bits per heavy atom. The maximum Gasteiger partial charge on any atom is 0.307 e. The van der Waals surface area contributed by atoms with Crippen LogP contribution in [0.5, 0.6) is 0 Å². The Morgan fingerprint density at radius 2 is 2.04 bits per heavy atom. The van der Waals surface area contributed by atoms with Gasteiger partial charge in [0, 0.05) is 18.8 Å². The number of carbonyl (C=O) groups excluding carboxylic acids is 2. The molecule has 1 aliphatic heterocycles. The molecule has 1 aliphatic carbocycles. The van der Waals surface area contributed by atoms with Crippen molar-refractivity contribution in [3.63, 3.8) is 0 Å². The van der Waals surface area contributed by atoms with E-state index in [9.17, 15) is 14.4 Å². The number of imidazole rings is 1. The van der Waals surface area contributed by atoms with Crippen LogP contribution in [0.2, 0.25) is 5.15 Å². The Labute approximate surface area is 165 Å². The highest BCUT2D eigenvalue weighted by molar-refractivity contribution is 6.30. The first-order valence-electron chi connectivity index (χ1n) is 9.06. The van der Waals surface area contributed by atoms with E-state index in [-0.39, 0.29) is 16.9 Å². The van der Waals surface area contributed by atoms with Crippen molar-refractivity contribution in [2.75, 3.05) is 5.32 Å². The van der Waals surface area contributed by atoms with Gasteiger partial charge < -0.3 is 20.3 Å². The van der Waals surface area contributed by atoms with Crippen LogP contribution in [0.4, 0.5) is 5.69 Å². The van der Waals surface area contributed by atoms with Gasteiger partial charge in [-0.05, 0) is 36.1 Å². The van der Waals surface area contributed by atoms with E-state index in [1.165, 1.54) is 0 Å². The standard InChI is InChI=1S/C19H19ClN4O4/c1-2-14-15(20)23-16(22-14)17(25)21-11-4-3-9-7-24(8-10(9)5-11)18(26)12-6-13(12)19(27)28/h3-5,12-13H,2,6-8H2,1H3,(H,21,25)(H,22,23)(H,27,28)/t12-,13-/m0/s1. The van der Waals surface area contributed by atoms with E-state index in [0.717, 1.165) is 11.1 Å². The lowest BCUT2D eigenvalue weighted by atomic mass is 10.1. The molecule has 9 heteroatoms. The number of carboxylic acids is 1. The third kappa shape index (κ3) is 3.35. The summed E-state index contributed by atoms with van der Waals surface area (Å²) < 4.78 is 0. The second-order valence-electron chi connectivity index (χ2n) is 7.13. The van der Waals surface area contributed by atoms with Gasteiger partial charge in [0.15, 0.2) is 11.0 Å². The van der Waals surface area contributed by atoms with Crippen LogP contribution < -0.4 is 5.32 Å². The molecule has 2 heterocycles. The van der Waals surface area contributed by atoms with Crippen LogP contribution in [0, 0.1) is 11.8 Å². The van der Waals surface area contributed by atoms with Crippen LogP contribution >= 0.6 is 11.6 Å². The fourth-order valence-corrected chi connectivity index (χ4v) is 3.79. The van der Waals surface area contributed by atoms with Crippen LogP contribution in [0.3, 0.4) is 0 Å². The summed E-state index contributed by atoms with van der Waals surface area (Å²) in [5.74, 6) is -2.25. The van der Waals surface area contributed by atoms with Gasteiger partial charge in [-0.3, -0.25) is 14.4 Å². The van der Waals surface area contributed by atoms with E-state index in [0.29, 0.717) is 37.3 Å². The zero-order valence-corrected chi connectivity index (χ0v) is 15.9. The third-order valence-corrected chi connectivity index (χ3v) is 5.53. The fourth-order valence-electron chi connectivity index (χ4n) is 3.52. The van der Waals surface area contributed by atoms with Crippen molar-refractivity contribution in [3.8, 4) is 0 Å². The predicted octanol–water partition coefficient (Wildman–Crippen LogP) is 2.44. The predicted molar refractivity (Wildman–Crippen MR) is 101 cm³/mol. The highest BCUT2D eigenvalue weighted by atomic mass is 35.5. The molecule has 1 aromatic carbocycles. The molecule has 0 bridgehead atoms. The summed E-state index contributed by atoms with van der Waals surface area (Å²) in [6, 6.07) is 5.47. The minimum atomic E-state index is -0.913. The van der Waals surface area contributed by atoms with Crippen molar-refractivity contribution in [2.45, 2.75) is 32.9 Å². The van der Waals surface area contributed by atoms with Crippen LogP contribution in [0.15, 0.2) is 18.2 Å². The number of aromatic amines is 1. The van der Waals surface area contributed by atoms with Crippen molar-refractivity contribution in [1.29, 1.82) is 0 Å². The highest BCUT2D eigenvalue weighted by Gasteiger charge is 2.50. The van der Waals surface area contributed by atoms with Crippen molar-refractivity contribution in [3.05, 3.63) is 46.0 Å². The monoisotopic (exact) mass is 402 g/mol. The average Bonchev–Trinajstić information content (AvgIpc) is 3.22. The second-order valence-corrected chi connectivity index (χ2v) is 7.49. The Kier molecular flexibility index (Phi) is 4.58. The van der Waals surface area contributed by atoms with Crippen molar-refractivity contribution in [2.24, 2.45) is 11.8 Å². The minimum Gasteiger partial charge on any atom is -0.481 e. The minimum absolute atomic E-state index is 0.119. The van der Waals surface area contributed by atoms with Crippen LogP contribution in [0.25, 0.3) is 0 Å². The summed E-state index contributed by atoms with van der Waals surface area (Å²) in [5.41, 5.74) is 3.23. The quantitative estimate of drug-likeness (QED) is 0.710. The molecule has 4 rings (SSSR count). The van der Waals surface area contributed by atoms with Gasteiger partial charge in [0.25, 0.3) is 5.91 Å². The lowest BCUT2D eigenvalue weighted by molar-refractivity contribution is -0.142. The molecular formula is C19H19ClN4O4. The molecule has 2 amide bonds. The van der Waals surface area contributed by atoms with E-state index in [1.54, 1.807) is 11.0 Å². The number of amides is 2. The highest BCUT2D eigenvalue weighted by Crippen LogP contribution is 2.41. The molecule has 0 radical (unpaired) electrons. The number of hydrogen-bond donors (Lipinski definition) is 3. The van der Waals surface area contributed by atoms with E-state index in [2.05, 4.69) is 15.3 Å². The molecule has 2 aliphatic rings. The summed E-state index contributed by atoms with van der Waals surface area (Å²) in [6.07, 6.45) is 1.05. The van der Waals surface area contributed by atoms with Gasteiger partial charge in [-0.15, -0.1) is 0 Å². The molecule has 0 spiro atoms. The van der Waals surface area contributed by atoms with Crippen molar-refractivity contribution < 1.29 is 19.5 Å². The van der Waals surface area contributed by atoms with E-state index in [1.807, 2.05) is 19.1 Å². The van der Waals surface area contributed by atoms with E-state index in [4.69, 9.17) is 16.7 Å². The largest absolute Gasteiger partial charge is 0.481 e. The van der Waals surface area contributed by atoms with Gasteiger partial charge in [-0.25, -0.2) is 4.98 Å². The zero-order chi connectivity index (χ0) is 20.0. The van der Waals surface area contributed by atoms with E-state index < -0.39 is 23.7 Å². The number of halogens is 1. The molecule has 1 fully saturated rings. The molecule has 8 nitrogen and oxygen atoms in total. The third-order valence-electron chi connectivity index (χ3n) is 5.22. The Hall–Kier alpha value is -2.87. The number of nitrogens with zero attached hydrogens (tertiary/aromatic N) is 2. The Bertz CT molecular complexity index is 986. The average molecular weight is 403 g/mol. The zero-order valence-electron chi connectivity index (χ0n) is 15.2. The number of hydrogen-bond acceptors (Lipinski definition) is 4. The lowest BCUT2D eigenvalue weighted by Crippen LogP contribution is -2.28. The number of anilines is 1. The summed E-state index contributed by atoms with van der Waals surface area (Å²) in [7, 11) is 0. The second kappa shape index (κ2) is 6.94. The van der Waals surface area contributed by atoms with Gasteiger partial charge in [0.2, 0.25) is 5.91 Å². The number of benzene rings is 1. The summed E-state index contributed by atoms with van der Waals surface area (Å²) in [4.78, 5) is 44.4. The summed E-state index contributed by atoms with van der Waals surface area (Å²) in [6.45, 7) is 2.78. The molecule has 146 valence electrons. The Balaban J connectivity index is 1.42. The molecule has 3 N–H and O–H groups in total. The topological polar surface area (TPSA) is 115 Å². The van der Waals surface area contributed by atoms with Crippen LogP contribution in [-0.2, 0) is 29.1 Å².